The molecule has 0 aromatic heterocycles. The highest BCUT2D eigenvalue weighted by Crippen LogP contribution is 2.40. The van der Waals surface area contributed by atoms with Gasteiger partial charge < -0.3 is 14.2 Å². The summed E-state index contributed by atoms with van der Waals surface area (Å²) < 4.78 is 18.1. The van der Waals surface area contributed by atoms with E-state index in [4.69, 9.17) is 32.2 Å². The molecule has 9 atom stereocenters. The molecule has 118 valence electrons. The summed E-state index contributed by atoms with van der Waals surface area (Å²) in [4.78, 5) is 0.124. The molecule has 3 heterocycles. The van der Waals surface area contributed by atoms with Crippen molar-refractivity contribution < 1.29 is 14.2 Å². The van der Waals surface area contributed by atoms with E-state index < -0.39 is 0 Å². The molecule has 21 heavy (non-hydrogen) atoms. The monoisotopic (exact) mass is 440 g/mol. The molecule has 3 aliphatic rings. The molecule has 3 nitrogen and oxygen atoms in total. The van der Waals surface area contributed by atoms with Crippen molar-refractivity contribution in [2.24, 2.45) is 0 Å². The number of terminal acetylenes is 1. The van der Waals surface area contributed by atoms with Gasteiger partial charge in [-0.15, -0.1) is 18.0 Å². The molecule has 0 aliphatic carbocycles. The lowest BCUT2D eigenvalue weighted by atomic mass is 10.0. The smallest absolute Gasteiger partial charge is 0.110 e. The summed E-state index contributed by atoms with van der Waals surface area (Å²) in [5.74, 6) is 2.71. The number of epoxide rings is 1. The lowest BCUT2D eigenvalue weighted by Crippen LogP contribution is -2.35. The van der Waals surface area contributed by atoms with E-state index in [-0.39, 0.29) is 51.7 Å². The van der Waals surface area contributed by atoms with Gasteiger partial charge in [-0.2, -0.15) is 0 Å². The highest BCUT2D eigenvalue weighted by molar-refractivity contribution is 9.09. The van der Waals surface area contributed by atoms with Gasteiger partial charge in [-0.1, -0.05) is 37.8 Å². The molecule has 3 saturated heterocycles. The zero-order valence-electron chi connectivity index (χ0n) is 11.8. The quantitative estimate of drug-likeness (QED) is 0.355. The number of ether oxygens (including phenoxy) is 3. The van der Waals surface area contributed by atoms with Crippen LogP contribution in [0.3, 0.4) is 0 Å². The van der Waals surface area contributed by atoms with Crippen molar-refractivity contribution >= 4 is 43.5 Å². The summed E-state index contributed by atoms with van der Waals surface area (Å²) in [6, 6.07) is 0. The topological polar surface area (TPSA) is 31.0 Å². The third-order valence-corrected chi connectivity index (χ3v) is 6.77. The maximum absolute atomic E-state index is 6.47. The van der Waals surface area contributed by atoms with E-state index in [0.29, 0.717) is 6.42 Å². The van der Waals surface area contributed by atoms with Gasteiger partial charge in [0.05, 0.1) is 35.9 Å². The Kier molecular flexibility index (Phi) is 5.25. The van der Waals surface area contributed by atoms with Crippen LogP contribution in [0.5, 0.6) is 0 Å². The first-order valence-electron chi connectivity index (χ1n) is 7.34. The summed E-state index contributed by atoms with van der Waals surface area (Å²) in [5.41, 5.74) is 0. The summed E-state index contributed by atoms with van der Waals surface area (Å²) >= 11 is 13.7. The van der Waals surface area contributed by atoms with Gasteiger partial charge >= 0.3 is 0 Å². The number of fused-ring (bicyclic) bond motifs is 3. The van der Waals surface area contributed by atoms with E-state index in [0.717, 1.165) is 12.8 Å². The van der Waals surface area contributed by atoms with Crippen LogP contribution in [-0.2, 0) is 14.2 Å². The SMILES string of the molecule is C#C[C@@H](Br)C1C[C@H]2O[C@@H](C[C@H]2Cl)[C@@H](Br)C[C@@H]2O[C@H]2[C@H](C)O1. The first-order valence-corrected chi connectivity index (χ1v) is 9.61. The van der Waals surface area contributed by atoms with Crippen LogP contribution in [0.4, 0.5) is 0 Å². The van der Waals surface area contributed by atoms with Gasteiger partial charge in [0.25, 0.3) is 0 Å². The van der Waals surface area contributed by atoms with Crippen molar-refractivity contribution in [3.05, 3.63) is 0 Å². The van der Waals surface area contributed by atoms with E-state index in [1.807, 2.05) is 6.92 Å². The van der Waals surface area contributed by atoms with E-state index in [9.17, 15) is 0 Å². The molecule has 1 unspecified atom stereocenters. The minimum Gasteiger partial charge on any atom is -0.372 e. The maximum Gasteiger partial charge on any atom is 0.110 e. The molecule has 0 amide bonds. The standard InChI is InChI=1S/C15H19Br2ClO3/c1-3-8(16)12-6-13-10(18)5-11(20-13)9(17)4-14-15(21-14)7(2)19-12/h1,7-15H,4-6H2,2H3/t7-,8+,9-,10+,11-,12?,13+,14-,15-/m0/s1. The van der Waals surface area contributed by atoms with Gasteiger partial charge in [-0.3, -0.25) is 0 Å². The van der Waals surface area contributed by atoms with Crippen LogP contribution in [0, 0.1) is 12.3 Å². The summed E-state index contributed by atoms with van der Waals surface area (Å²) in [5, 5.41) is 0.00396. The second kappa shape index (κ2) is 6.67. The third kappa shape index (κ3) is 3.62. The predicted molar refractivity (Wildman–Crippen MR) is 89.4 cm³/mol. The third-order valence-electron chi connectivity index (χ3n) is 4.50. The van der Waals surface area contributed by atoms with Crippen LogP contribution >= 0.6 is 43.5 Å². The first-order chi connectivity index (χ1) is 9.99. The molecule has 0 aromatic rings. The normalized spacial score (nSPS) is 51.4. The van der Waals surface area contributed by atoms with E-state index in [1.165, 1.54) is 0 Å². The molecular weight excluding hydrogens is 423 g/mol. The lowest BCUT2D eigenvalue weighted by Gasteiger charge is -2.26. The lowest BCUT2D eigenvalue weighted by molar-refractivity contribution is -0.0452. The van der Waals surface area contributed by atoms with Crippen molar-refractivity contribution in [2.45, 2.75) is 77.8 Å². The fraction of sp³-hybridized carbons (Fsp3) is 0.867. The number of alkyl halides is 3. The molecule has 0 N–H and O–H groups in total. The first kappa shape index (κ1) is 16.5. The molecule has 0 aromatic carbocycles. The molecule has 3 aliphatic heterocycles. The van der Waals surface area contributed by atoms with Crippen molar-refractivity contribution in [1.82, 2.24) is 0 Å². The zero-order chi connectivity index (χ0) is 15.1. The van der Waals surface area contributed by atoms with Crippen LogP contribution in [0.2, 0.25) is 0 Å². The Morgan fingerprint density at radius 1 is 1.14 bits per heavy atom. The summed E-state index contributed by atoms with van der Waals surface area (Å²) in [6.45, 7) is 2.05. The highest BCUT2D eigenvalue weighted by atomic mass is 79.9. The largest absolute Gasteiger partial charge is 0.372 e. The van der Waals surface area contributed by atoms with Crippen molar-refractivity contribution in [3.8, 4) is 12.3 Å². The van der Waals surface area contributed by atoms with Crippen molar-refractivity contribution in [3.63, 3.8) is 0 Å². The van der Waals surface area contributed by atoms with Crippen molar-refractivity contribution in [1.29, 1.82) is 0 Å². The molecule has 6 heteroatoms. The fourth-order valence-corrected chi connectivity index (χ4v) is 4.63. The second-order valence-corrected chi connectivity index (χ2v) is 8.76. The zero-order valence-corrected chi connectivity index (χ0v) is 15.7. The van der Waals surface area contributed by atoms with Gasteiger partial charge in [-0.25, -0.2) is 0 Å². The van der Waals surface area contributed by atoms with Gasteiger partial charge in [0.2, 0.25) is 0 Å². The minimum atomic E-state index is -0.149. The van der Waals surface area contributed by atoms with Gasteiger partial charge in [0.1, 0.15) is 10.9 Å². The van der Waals surface area contributed by atoms with E-state index >= 15 is 0 Å². The Labute approximate surface area is 147 Å². The number of halogens is 3. The van der Waals surface area contributed by atoms with Gasteiger partial charge in [0.15, 0.2) is 0 Å². The number of hydrogen-bond acceptors (Lipinski definition) is 3. The Balaban J connectivity index is 1.78. The van der Waals surface area contributed by atoms with Crippen LogP contribution in [0.15, 0.2) is 0 Å². The van der Waals surface area contributed by atoms with Crippen molar-refractivity contribution in [2.75, 3.05) is 0 Å². The summed E-state index contributed by atoms with van der Waals surface area (Å²) in [6.07, 6.45) is 8.45. The molecule has 3 fully saturated rings. The molecule has 0 radical (unpaired) electrons. The van der Waals surface area contributed by atoms with E-state index in [2.05, 4.69) is 37.8 Å². The van der Waals surface area contributed by atoms with Crippen LogP contribution < -0.4 is 0 Å². The van der Waals surface area contributed by atoms with Crippen LogP contribution in [0.25, 0.3) is 0 Å². The Morgan fingerprint density at radius 2 is 1.90 bits per heavy atom. The highest BCUT2D eigenvalue weighted by Gasteiger charge is 2.49. The molecule has 3 rings (SSSR count). The fourth-order valence-electron chi connectivity index (χ4n) is 3.24. The Hall–Kier alpha value is 0.690. The molecular formula is C15H19Br2ClO3. The predicted octanol–water partition coefficient (Wildman–Crippen LogP) is 3.25. The summed E-state index contributed by atoms with van der Waals surface area (Å²) in [7, 11) is 0. The Morgan fingerprint density at radius 3 is 2.62 bits per heavy atom. The second-order valence-electron chi connectivity index (χ2n) is 6.04. The average Bonchev–Trinajstić information content (AvgIpc) is 3.12. The van der Waals surface area contributed by atoms with Crippen LogP contribution in [0.1, 0.15) is 26.2 Å². The molecule has 0 saturated carbocycles. The molecule has 0 spiro atoms. The van der Waals surface area contributed by atoms with E-state index in [1.54, 1.807) is 0 Å². The molecule has 2 bridgehead atoms. The number of hydrogen-bond donors (Lipinski definition) is 0. The number of rotatable bonds is 1. The average molecular weight is 443 g/mol. The minimum absolute atomic E-state index is 0.00396. The maximum atomic E-state index is 6.47. The van der Waals surface area contributed by atoms with Crippen LogP contribution in [-0.4, -0.2) is 51.7 Å². The van der Waals surface area contributed by atoms with Gasteiger partial charge in [0, 0.05) is 11.2 Å². The Bertz CT molecular complexity index is 430. The van der Waals surface area contributed by atoms with Gasteiger partial charge in [-0.05, 0) is 19.8 Å².